The zero-order chi connectivity index (χ0) is 12.4. The summed E-state index contributed by atoms with van der Waals surface area (Å²) < 4.78 is 4.93. The summed E-state index contributed by atoms with van der Waals surface area (Å²) in [6, 6.07) is 4.76. The number of hydrogen-bond donors (Lipinski definition) is 1. The largest absolute Gasteiger partial charge is 0.490 e. The van der Waals surface area contributed by atoms with Crippen LogP contribution in [0.25, 0.3) is 11.3 Å². The number of thiazole rings is 1. The number of aromatic nitrogens is 1. The maximum atomic E-state index is 10.9. The average Bonchev–Trinajstić information content (AvgIpc) is 2.75. The van der Waals surface area contributed by atoms with Gasteiger partial charge in [-0.1, -0.05) is 11.3 Å². The van der Waals surface area contributed by atoms with E-state index in [0.29, 0.717) is 10.7 Å². The van der Waals surface area contributed by atoms with Crippen molar-refractivity contribution >= 4 is 22.2 Å². The number of nitrogens with two attached hydrogens (primary N) is 1. The van der Waals surface area contributed by atoms with Gasteiger partial charge in [-0.05, 0) is 12.1 Å². The Hall–Kier alpha value is -2.15. The zero-order valence-electron chi connectivity index (χ0n) is 8.97. The van der Waals surface area contributed by atoms with Crippen molar-refractivity contribution in [1.29, 1.82) is 0 Å². The highest BCUT2D eigenvalue weighted by molar-refractivity contribution is 7.13. The fourth-order valence-electron chi connectivity index (χ4n) is 1.45. The summed E-state index contributed by atoms with van der Waals surface area (Å²) in [5, 5.41) is 13.2. The van der Waals surface area contributed by atoms with Crippen LogP contribution in [0, 0.1) is 10.1 Å². The lowest BCUT2D eigenvalue weighted by Gasteiger charge is -2.02. The molecule has 1 heterocycles. The topological polar surface area (TPSA) is 92.5 Å². The van der Waals surface area contributed by atoms with Crippen molar-refractivity contribution in [3.05, 3.63) is 33.7 Å². The fourth-order valence-corrected chi connectivity index (χ4v) is 2.06. The Morgan fingerprint density at radius 2 is 2.29 bits per heavy atom. The van der Waals surface area contributed by atoms with Crippen molar-refractivity contribution in [2.75, 3.05) is 12.8 Å². The molecule has 3 N–H and O–H groups in total. The van der Waals surface area contributed by atoms with Gasteiger partial charge in [-0.3, -0.25) is 15.8 Å². The molecular weight excluding hydrogens is 242 g/mol. The first-order chi connectivity index (χ1) is 8.11. The molecule has 0 bridgehead atoms. The number of H-pyrrole nitrogens is 1. The number of rotatable bonds is 3. The van der Waals surface area contributed by atoms with Gasteiger partial charge in [0.25, 0.3) is 0 Å². The molecular formula is C10H10N3O3S+. The standard InChI is InChI=1S/C10H9N3O3S/c1-16-9-3-2-6(4-8(9)13(14)15)7-5-17-10(11)12-7/h2-5H,1H3,(H2,11,12)/p+1. The number of ether oxygens (including phenoxy) is 1. The second kappa shape index (κ2) is 4.38. The van der Waals surface area contributed by atoms with Gasteiger partial charge < -0.3 is 4.74 Å². The monoisotopic (exact) mass is 252 g/mol. The molecule has 0 amide bonds. The van der Waals surface area contributed by atoms with Crippen molar-refractivity contribution in [2.45, 2.75) is 0 Å². The van der Waals surface area contributed by atoms with Crippen molar-refractivity contribution in [2.24, 2.45) is 0 Å². The number of nitrogens with zero attached hydrogens (tertiary/aromatic N) is 1. The minimum atomic E-state index is -0.474. The number of nitro groups is 1. The molecule has 0 unspecified atom stereocenters. The molecule has 0 saturated carbocycles. The number of hydrogen-bond acceptors (Lipinski definition) is 5. The molecule has 1 aromatic carbocycles. The van der Waals surface area contributed by atoms with E-state index < -0.39 is 4.92 Å². The van der Waals surface area contributed by atoms with E-state index in [-0.39, 0.29) is 11.4 Å². The molecule has 88 valence electrons. The first-order valence-corrected chi connectivity index (χ1v) is 5.59. The predicted octanol–water partition coefficient (Wildman–Crippen LogP) is 1.73. The minimum Gasteiger partial charge on any atom is -0.490 e. The van der Waals surface area contributed by atoms with E-state index in [2.05, 4.69) is 4.98 Å². The van der Waals surface area contributed by atoms with Gasteiger partial charge in [-0.25, -0.2) is 4.98 Å². The third kappa shape index (κ3) is 2.18. The molecule has 0 aliphatic heterocycles. The summed E-state index contributed by atoms with van der Waals surface area (Å²) in [7, 11) is 1.40. The molecule has 0 radical (unpaired) electrons. The van der Waals surface area contributed by atoms with Gasteiger partial charge in [0.2, 0.25) is 0 Å². The highest BCUT2D eigenvalue weighted by Gasteiger charge is 2.17. The normalized spacial score (nSPS) is 10.2. The van der Waals surface area contributed by atoms with Gasteiger partial charge >= 0.3 is 10.8 Å². The fraction of sp³-hybridized carbons (Fsp3) is 0.100. The highest BCUT2D eigenvalue weighted by Crippen LogP contribution is 2.31. The second-order valence-corrected chi connectivity index (χ2v) is 4.19. The smallest absolute Gasteiger partial charge is 0.329 e. The molecule has 0 atom stereocenters. The van der Waals surface area contributed by atoms with Crippen molar-refractivity contribution in [3.63, 3.8) is 0 Å². The van der Waals surface area contributed by atoms with Crippen molar-refractivity contribution in [1.82, 2.24) is 0 Å². The molecule has 1 aromatic heterocycles. The van der Waals surface area contributed by atoms with Gasteiger partial charge in [-0.2, -0.15) is 0 Å². The Balaban J connectivity index is 2.50. The number of nitro benzene ring substituents is 1. The Morgan fingerprint density at radius 1 is 1.53 bits per heavy atom. The van der Waals surface area contributed by atoms with Crippen LogP contribution >= 0.6 is 11.3 Å². The Kier molecular flexibility index (Phi) is 2.92. The van der Waals surface area contributed by atoms with Crippen molar-refractivity contribution in [3.8, 4) is 17.0 Å². The van der Waals surface area contributed by atoms with E-state index in [1.807, 2.05) is 0 Å². The lowest BCUT2D eigenvalue weighted by atomic mass is 10.1. The number of nitrogen functional groups attached to an aromatic ring is 1. The highest BCUT2D eigenvalue weighted by atomic mass is 32.1. The van der Waals surface area contributed by atoms with E-state index in [1.165, 1.54) is 24.5 Å². The molecule has 0 fully saturated rings. The molecule has 0 aliphatic rings. The predicted molar refractivity (Wildman–Crippen MR) is 63.9 cm³/mol. The Morgan fingerprint density at radius 3 is 2.82 bits per heavy atom. The van der Waals surface area contributed by atoms with E-state index in [0.717, 1.165) is 5.69 Å². The molecule has 6 nitrogen and oxygen atoms in total. The average molecular weight is 252 g/mol. The Labute approximate surface area is 101 Å². The minimum absolute atomic E-state index is 0.0665. The van der Waals surface area contributed by atoms with Crippen LogP contribution in [0.3, 0.4) is 0 Å². The maximum Gasteiger partial charge on any atom is 0.329 e. The van der Waals surface area contributed by atoms with Gasteiger partial charge in [-0.15, -0.1) is 0 Å². The molecule has 2 aromatic rings. The summed E-state index contributed by atoms with van der Waals surface area (Å²) in [5.74, 6) is 0.238. The van der Waals surface area contributed by atoms with Crippen LogP contribution in [0.5, 0.6) is 5.75 Å². The van der Waals surface area contributed by atoms with Crippen LogP contribution < -0.4 is 15.5 Å². The molecule has 0 spiro atoms. The summed E-state index contributed by atoms with van der Waals surface area (Å²) >= 11 is 1.34. The zero-order valence-corrected chi connectivity index (χ0v) is 9.78. The van der Waals surface area contributed by atoms with Crippen LogP contribution in [0.2, 0.25) is 0 Å². The third-order valence-corrected chi connectivity index (χ3v) is 2.96. The van der Waals surface area contributed by atoms with Gasteiger partial charge in [0.1, 0.15) is 5.69 Å². The third-order valence-electron chi connectivity index (χ3n) is 2.25. The van der Waals surface area contributed by atoms with Crippen LogP contribution in [0.15, 0.2) is 23.6 Å². The van der Waals surface area contributed by atoms with Gasteiger partial charge in [0, 0.05) is 17.0 Å². The lowest BCUT2D eigenvalue weighted by Crippen LogP contribution is -2.06. The van der Waals surface area contributed by atoms with E-state index in [4.69, 9.17) is 10.5 Å². The summed E-state index contributed by atoms with van der Waals surface area (Å²) in [6.07, 6.45) is 0. The van der Waals surface area contributed by atoms with Crippen LogP contribution in [-0.2, 0) is 0 Å². The van der Waals surface area contributed by atoms with E-state index in [1.54, 1.807) is 17.5 Å². The van der Waals surface area contributed by atoms with Gasteiger partial charge in [0.15, 0.2) is 5.75 Å². The number of benzene rings is 1. The number of nitrogens with one attached hydrogen (secondary N) is 1. The molecule has 0 saturated heterocycles. The second-order valence-electron chi connectivity index (χ2n) is 3.28. The summed E-state index contributed by atoms with van der Waals surface area (Å²) in [5.41, 5.74) is 6.96. The van der Waals surface area contributed by atoms with Crippen LogP contribution in [0.4, 0.5) is 10.8 Å². The van der Waals surface area contributed by atoms with Gasteiger partial charge in [0.05, 0.1) is 12.0 Å². The number of anilines is 1. The number of methoxy groups -OCH3 is 1. The first-order valence-electron chi connectivity index (χ1n) is 4.71. The first kappa shape index (κ1) is 11.3. The Bertz CT molecular complexity index is 568. The van der Waals surface area contributed by atoms with E-state index in [9.17, 15) is 10.1 Å². The quantitative estimate of drug-likeness (QED) is 0.665. The lowest BCUT2D eigenvalue weighted by molar-refractivity contribution is -0.385. The molecule has 17 heavy (non-hydrogen) atoms. The molecule has 7 heteroatoms. The summed E-state index contributed by atoms with van der Waals surface area (Å²) in [4.78, 5) is 13.3. The molecule has 2 rings (SSSR count). The molecule has 0 aliphatic carbocycles. The maximum absolute atomic E-state index is 10.9. The summed E-state index contributed by atoms with van der Waals surface area (Å²) in [6.45, 7) is 0. The van der Waals surface area contributed by atoms with Crippen LogP contribution in [0.1, 0.15) is 0 Å². The van der Waals surface area contributed by atoms with E-state index >= 15 is 0 Å². The number of aromatic amines is 1. The SMILES string of the molecule is COc1ccc(-c2csc(N)[nH+]2)cc1[N+](=O)[O-]. The van der Waals surface area contributed by atoms with Crippen molar-refractivity contribution < 1.29 is 14.6 Å². The van der Waals surface area contributed by atoms with Crippen LogP contribution in [-0.4, -0.2) is 12.0 Å².